The van der Waals surface area contributed by atoms with E-state index in [0.717, 1.165) is 17.8 Å². The summed E-state index contributed by atoms with van der Waals surface area (Å²) in [5.74, 6) is 0.180. The number of carbonyl (C=O) groups excluding carboxylic acids is 1. The summed E-state index contributed by atoms with van der Waals surface area (Å²) in [7, 11) is 0. The third-order valence-corrected chi connectivity index (χ3v) is 2.00. The molecule has 0 aliphatic carbocycles. The molecule has 0 aromatic carbocycles. The van der Waals surface area contributed by atoms with Gasteiger partial charge in [0.2, 0.25) is 0 Å². The van der Waals surface area contributed by atoms with Gasteiger partial charge in [0.1, 0.15) is 0 Å². The SMILES string of the molecule is C=C/C=C1/C(=O)CCN/C1=C/C=C\C. The molecule has 0 radical (unpaired) electrons. The lowest BCUT2D eigenvalue weighted by Gasteiger charge is -2.18. The summed E-state index contributed by atoms with van der Waals surface area (Å²) in [6.07, 6.45) is 9.71. The first-order chi connectivity index (χ1) is 6.79. The summed E-state index contributed by atoms with van der Waals surface area (Å²) in [6.45, 7) is 6.26. The number of hydrogen-bond acceptors (Lipinski definition) is 2. The average molecular weight is 189 g/mol. The molecule has 0 amide bonds. The minimum Gasteiger partial charge on any atom is -0.384 e. The second kappa shape index (κ2) is 5.22. The number of hydrogen-bond donors (Lipinski definition) is 1. The van der Waals surface area contributed by atoms with Crippen LogP contribution in [-0.4, -0.2) is 12.3 Å². The largest absolute Gasteiger partial charge is 0.384 e. The lowest BCUT2D eigenvalue weighted by Crippen LogP contribution is -2.28. The van der Waals surface area contributed by atoms with Gasteiger partial charge in [-0.15, -0.1) is 0 Å². The van der Waals surface area contributed by atoms with Gasteiger partial charge in [-0.05, 0) is 19.1 Å². The van der Waals surface area contributed by atoms with Crippen molar-refractivity contribution in [3.8, 4) is 0 Å². The molecule has 1 rings (SSSR count). The number of Topliss-reactive ketones (excluding diaryl/α,β-unsaturated/α-hetero) is 1. The molecule has 0 aromatic heterocycles. The lowest BCUT2D eigenvalue weighted by molar-refractivity contribution is -0.115. The highest BCUT2D eigenvalue weighted by molar-refractivity contribution is 6.00. The fraction of sp³-hybridized carbons (Fsp3) is 0.250. The standard InChI is InChI=1S/C12H15NO/c1-3-5-7-11-10(6-4-2)12(14)8-9-13-11/h3-7,13H,2,8-9H2,1H3/b5-3-,10-6+,11-7+. The van der Waals surface area contributed by atoms with E-state index in [2.05, 4.69) is 11.9 Å². The molecule has 0 saturated carbocycles. The van der Waals surface area contributed by atoms with Gasteiger partial charge < -0.3 is 5.32 Å². The molecular weight excluding hydrogens is 174 g/mol. The van der Waals surface area contributed by atoms with Gasteiger partial charge in [0.15, 0.2) is 5.78 Å². The fourth-order valence-corrected chi connectivity index (χ4v) is 1.33. The molecule has 0 atom stereocenters. The van der Waals surface area contributed by atoms with Crippen molar-refractivity contribution in [2.45, 2.75) is 13.3 Å². The Hall–Kier alpha value is -1.57. The Morgan fingerprint density at radius 3 is 2.86 bits per heavy atom. The van der Waals surface area contributed by atoms with Crippen LogP contribution in [0.5, 0.6) is 0 Å². The van der Waals surface area contributed by atoms with E-state index in [1.54, 1.807) is 12.2 Å². The molecule has 0 unspecified atom stereocenters. The predicted molar refractivity (Wildman–Crippen MR) is 58.8 cm³/mol. The van der Waals surface area contributed by atoms with Gasteiger partial charge in [0.05, 0.1) is 0 Å². The Bertz CT molecular complexity index is 321. The minimum atomic E-state index is 0.180. The maximum atomic E-state index is 11.5. The topological polar surface area (TPSA) is 29.1 Å². The van der Waals surface area contributed by atoms with Crippen LogP contribution in [0.2, 0.25) is 0 Å². The van der Waals surface area contributed by atoms with Crippen LogP contribution >= 0.6 is 0 Å². The zero-order chi connectivity index (χ0) is 10.4. The summed E-state index contributed by atoms with van der Waals surface area (Å²) in [5, 5.41) is 3.19. The van der Waals surface area contributed by atoms with Crippen LogP contribution in [-0.2, 0) is 4.79 Å². The third-order valence-electron chi connectivity index (χ3n) is 2.00. The van der Waals surface area contributed by atoms with Crippen molar-refractivity contribution in [3.05, 3.63) is 48.2 Å². The monoisotopic (exact) mass is 189 g/mol. The summed E-state index contributed by atoms with van der Waals surface area (Å²) in [4.78, 5) is 11.5. The van der Waals surface area contributed by atoms with E-state index in [9.17, 15) is 4.79 Å². The first kappa shape index (κ1) is 10.5. The van der Waals surface area contributed by atoms with Crippen molar-refractivity contribution in [2.75, 3.05) is 6.54 Å². The van der Waals surface area contributed by atoms with Crippen LogP contribution in [0.25, 0.3) is 0 Å². The number of rotatable bonds is 2. The fourth-order valence-electron chi connectivity index (χ4n) is 1.33. The number of ketones is 1. The third kappa shape index (κ3) is 2.46. The lowest BCUT2D eigenvalue weighted by atomic mass is 10.00. The van der Waals surface area contributed by atoms with Gasteiger partial charge >= 0.3 is 0 Å². The first-order valence-electron chi connectivity index (χ1n) is 4.72. The quantitative estimate of drug-likeness (QED) is 0.674. The van der Waals surface area contributed by atoms with Crippen molar-refractivity contribution in [2.24, 2.45) is 0 Å². The van der Waals surface area contributed by atoms with E-state index in [4.69, 9.17) is 0 Å². The Balaban J connectivity index is 2.96. The molecule has 0 bridgehead atoms. The number of allylic oxidation sites excluding steroid dienone is 6. The molecule has 0 spiro atoms. The maximum absolute atomic E-state index is 11.5. The second-order valence-electron chi connectivity index (χ2n) is 3.02. The molecule has 0 aromatic rings. The van der Waals surface area contributed by atoms with Gasteiger partial charge in [-0.2, -0.15) is 0 Å². The van der Waals surface area contributed by atoms with Crippen LogP contribution in [0.15, 0.2) is 48.2 Å². The van der Waals surface area contributed by atoms with Gasteiger partial charge in [-0.3, -0.25) is 4.79 Å². The average Bonchev–Trinajstić information content (AvgIpc) is 2.19. The Morgan fingerprint density at radius 2 is 2.21 bits per heavy atom. The molecule has 14 heavy (non-hydrogen) atoms. The molecule has 1 aliphatic rings. The first-order valence-corrected chi connectivity index (χ1v) is 4.72. The van der Waals surface area contributed by atoms with Gasteiger partial charge in [-0.1, -0.05) is 24.8 Å². The zero-order valence-corrected chi connectivity index (χ0v) is 8.42. The molecule has 1 saturated heterocycles. The molecule has 1 fully saturated rings. The smallest absolute Gasteiger partial charge is 0.166 e. The van der Waals surface area contributed by atoms with E-state index in [-0.39, 0.29) is 5.78 Å². The molecule has 1 heterocycles. The van der Waals surface area contributed by atoms with Crippen LogP contribution in [0.4, 0.5) is 0 Å². The molecule has 74 valence electrons. The van der Waals surface area contributed by atoms with Gasteiger partial charge in [0.25, 0.3) is 0 Å². The predicted octanol–water partition coefficient (Wildman–Crippen LogP) is 2.12. The summed E-state index contributed by atoms with van der Waals surface area (Å²) in [6, 6.07) is 0. The van der Waals surface area contributed by atoms with Crippen LogP contribution < -0.4 is 5.32 Å². The molecular formula is C12H15NO. The highest BCUT2D eigenvalue weighted by Gasteiger charge is 2.17. The molecule has 1 aliphatic heterocycles. The van der Waals surface area contributed by atoms with E-state index in [1.807, 2.05) is 25.2 Å². The molecule has 2 nitrogen and oxygen atoms in total. The Kier molecular flexibility index (Phi) is 3.92. The minimum absolute atomic E-state index is 0.180. The second-order valence-corrected chi connectivity index (χ2v) is 3.02. The molecule has 1 N–H and O–H groups in total. The van der Waals surface area contributed by atoms with E-state index >= 15 is 0 Å². The Labute approximate surface area is 84.7 Å². The number of piperidine rings is 1. The zero-order valence-electron chi connectivity index (χ0n) is 8.42. The van der Waals surface area contributed by atoms with Crippen LogP contribution in [0.1, 0.15) is 13.3 Å². The van der Waals surface area contributed by atoms with Crippen molar-refractivity contribution >= 4 is 5.78 Å². The summed E-state index contributed by atoms with van der Waals surface area (Å²) >= 11 is 0. The van der Waals surface area contributed by atoms with Crippen molar-refractivity contribution in [1.29, 1.82) is 0 Å². The number of carbonyl (C=O) groups is 1. The van der Waals surface area contributed by atoms with E-state index < -0.39 is 0 Å². The van der Waals surface area contributed by atoms with Gasteiger partial charge in [-0.25, -0.2) is 0 Å². The molecule has 2 heteroatoms. The van der Waals surface area contributed by atoms with E-state index in [0.29, 0.717) is 6.42 Å². The normalized spacial score (nSPS) is 23.1. The van der Waals surface area contributed by atoms with Crippen molar-refractivity contribution in [3.63, 3.8) is 0 Å². The highest BCUT2D eigenvalue weighted by atomic mass is 16.1. The summed E-state index contributed by atoms with van der Waals surface area (Å²) < 4.78 is 0. The highest BCUT2D eigenvalue weighted by Crippen LogP contribution is 2.15. The van der Waals surface area contributed by atoms with Crippen molar-refractivity contribution in [1.82, 2.24) is 5.32 Å². The van der Waals surface area contributed by atoms with Crippen molar-refractivity contribution < 1.29 is 4.79 Å². The van der Waals surface area contributed by atoms with E-state index in [1.165, 1.54) is 0 Å². The van der Waals surface area contributed by atoms with Gasteiger partial charge in [0, 0.05) is 24.2 Å². The van der Waals surface area contributed by atoms with Crippen LogP contribution in [0, 0.1) is 0 Å². The Morgan fingerprint density at radius 1 is 1.43 bits per heavy atom. The van der Waals surface area contributed by atoms with Crippen LogP contribution in [0.3, 0.4) is 0 Å². The maximum Gasteiger partial charge on any atom is 0.166 e. The number of nitrogens with one attached hydrogen (secondary N) is 1. The summed E-state index contributed by atoms with van der Waals surface area (Å²) in [5.41, 5.74) is 1.61.